The van der Waals surface area contributed by atoms with Crippen molar-refractivity contribution < 1.29 is 9.53 Å². The van der Waals surface area contributed by atoms with Crippen LogP contribution in [0.1, 0.15) is 42.2 Å². The van der Waals surface area contributed by atoms with Crippen LogP contribution in [-0.4, -0.2) is 23.6 Å². The lowest BCUT2D eigenvalue weighted by Crippen LogP contribution is -2.28. The molecule has 0 radical (unpaired) electrons. The highest BCUT2D eigenvalue weighted by Crippen LogP contribution is 2.19. The quantitative estimate of drug-likeness (QED) is 0.747. The van der Waals surface area contributed by atoms with Gasteiger partial charge in [0.15, 0.2) is 5.78 Å². The fourth-order valence-corrected chi connectivity index (χ4v) is 2.41. The molecule has 0 spiro atoms. The molecule has 1 aliphatic rings. The standard InChI is InChI=1S/C14H19NO3/c1-2-18-10-4-9-15-12-5-3-6-13(16)11(12)7-8-14(15)17/h7-8H,2-6,9-10H2,1H3. The van der Waals surface area contributed by atoms with Gasteiger partial charge in [-0.2, -0.15) is 0 Å². The zero-order chi connectivity index (χ0) is 13.0. The van der Waals surface area contributed by atoms with Gasteiger partial charge in [0.05, 0.1) is 0 Å². The number of carbonyl (C=O) groups is 1. The number of nitrogens with zero attached hydrogens (tertiary/aromatic N) is 1. The van der Waals surface area contributed by atoms with Crippen molar-refractivity contribution in [3.8, 4) is 0 Å². The Hall–Kier alpha value is -1.42. The number of hydrogen-bond acceptors (Lipinski definition) is 3. The number of pyridine rings is 1. The summed E-state index contributed by atoms with van der Waals surface area (Å²) in [7, 11) is 0. The van der Waals surface area contributed by atoms with Crippen molar-refractivity contribution in [1.29, 1.82) is 0 Å². The van der Waals surface area contributed by atoms with Crippen LogP contribution in [0.4, 0.5) is 0 Å². The number of rotatable bonds is 5. The largest absolute Gasteiger partial charge is 0.382 e. The zero-order valence-electron chi connectivity index (χ0n) is 10.8. The predicted octanol–water partition coefficient (Wildman–Crippen LogP) is 1.79. The third-order valence-electron chi connectivity index (χ3n) is 3.29. The summed E-state index contributed by atoms with van der Waals surface area (Å²) in [6.07, 6.45) is 3.08. The van der Waals surface area contributed by atoms with E-state index in [1.54, 1.807) is 10.6 Å². The first kappa shape index (κ1) is 13.0. The van der Waals surface area contributed by atoms with E-state index in [9.17, 15) is 9.59 Å². The van der Waals surface area contributed by atoms with Crippen LogP contribution >= 0.6 is 0 Å². The summed E-state index contributed by atoms with van der Waals surface area (Å²) in [5.74, 6) is 0.162. The molecule has 0 saturated heterocycles. The van der Waals surface area contributed by atoms with Crippen LogP contribution in [0.2, 0.25) is 0 Å². The number of carbonyl (C=O) groups excluding carboxylic acids is 1. The summed E-state index contributed by atoms with van der Waals surface area (Å²) in [4.78, 5) is 23.7. The average molecular weight is 249 g/mol. The summed E-state index contributed by atoms with van der Waals surface area (Å²) in [5, 5.41) is 0. The molecule has 18 heavy (non-hydrogen) atoms. The molecule has 0 amide bonds. The molecular weight excluding hydrogens is 230 g/mol. The second kappa shape index (κ2) is 5.96. The second-order valence-electron chi connectivity index (χ2n) is 4.51. The molecule has 0 aliphatic heterocycles. The Morgan fingerprint density at radius 3 is 2.89 bits per heavy atom. The minimum Gasteiger partial charge on any atom is -0.382 e. The van der Waals surface area contributed by atoms with Crippen molar-refractivity contribution in [2.75, 3.05) is 13.2 Å². The number of hydrogen-bond donors (Lipinski definition) is 0. The van der Waals surface area contributed by atoms with Crippen molar-refractivity contribution in [3.63, 3.8) is 0 Å². The molecule has 1 aromatic rings. The summed E-state index contributed by atoms with van der Waals surface area (Å²) in [6, 6.07) is 3.18. The van der Waals surface area contributed by atoms with Crippen LogP contribution in [0.3, 0.4) is 0 Å². The van der Waals surface area contributed by atoms with Crippen LogP contribution in [0.25, 0.3) is 0 Å². The van der Waals surface area contributed by atoms with Crippen molar-refractivity contribution in [3.05, 3.63) is 33.7 Å². The number of ketones is 1. The summed E-state index contributed by atoms with van der Waals surface area (Å²) < 4.78 is 7.02. The van der Waals surface area contributed by atoms with Crippen LogP contribution in [0, 0.1) is 0 Å². The van der Waals surface area contributed by atoms with Crippen molar-refractivity contribution in [2.24, 2.45) is 0 Å². The molecule has 0 aromatic carbocycles. The van der Waals surface area contributed by atoms with E-state index in [4.69, 9.17) is 4.74 Å². The highest BCUT2D eigenvalue weighted by atomic mass is 16.5. The molecule has 0 bridgehead atoms. The van der Waals surface area contributed by atoms with E-state index < -0.39 is 0 Å². The molecular formula is C14H19NO3. The van der Waals surface area contributed by atoms with Crippen LogP contribution < -0.4 is 5.56 Å². The van der Waals surface area contributed by atoms with Gasteiger partial charge in [-0.15, -0.1) is 0 Å². The average Bonchev–Trinajstić information content (AvgIpc) is 2.37. The smallest absolute Gasteiger partial charge is 0.250 e. The van der Waals surface area contributed by atoms with Gasteiger partial charge in [0.25, 0.3) is 5.56 Å². The number of aromatic nitrogens is 1. The fourth-order valence-electron chi connectivity index (χ4n) is 2.41. The molecule has 98 valence electrons. The van der Waals surface area contributed by atoms with Crippen molar-refractivity contribution >= 4 is 5.78 Å². The highest BCUT2D eigenvalue weighted by molar-refractivity contribution is 5.97. The minimum absolute atomic E-state index is 0.0139. The lowest BCUT2D eigenvalue weighted by Gasteiger charge is -2.19. The lowest BCUT2D eigenvalue weighted by molar-refractivity contribution is 0.0970. The molecule has 0 atom stereocenters. The van der Waals surface area contributed by atoms with E-state index in [1.165, 1.54) is 6.07 Å². The van der Waals surface area contributed by atoms with Gasteiger partial charge in [-0.1, -0.05) is 0 Å². The maximum atomic E-state index is 11.9. The topological polar surface area (TPSA) is 48.3 Å². The Morgan fingerprint density at radius 2 is 2.11 bits per heavy atom. The maximum absolute atomic E-state index is 11.9. The first-order valence-corrected chi connectivity index (χ1v) is 6.57. The van der Waals surface area contributed by atoms with Crippen LogP contribution in [-0.2, 0) is 17.7 Å². The van der Waals surface area contributed by atoms with Gasteiger partial charge in [0, 0.05) is 43.5 Å². The first-order chi connectivity index (χ1) is 8.74. The molecule has 1 aliphatic carbocycles. The summed E-state index contributed by atoms with van der Waals surface area (Å²) >= 11 is 0. The molecule has 0 fully saturated rings. The number of Topliss-reactive ketones (excluding diaryl/α,β-unsaturated/α-hetero) is 1. The Balaban J connectivity index is 2.20. The Morgan fingerprint density at radius 1 is 1.28 bits per heavy atom. The van der Waals surface area contributed by atoms with E-state index >= 15 is 0 Å². The van der Waals surface area contributed by atoms with Gasteiger partial charge in [-0.05, 0) is 32.3 Å². The summed E-state index contributed by atoms with van der Waals surface area (Å²) in [5.41, 5.74) is 1.63. The number of fused-ring (bicyclic) bond motifs is 1. The number of ether oxygens (including phenoxy) is 1. The Labute approximate surface area is 107 Å². The van der Waals surface area contributed by atoms with Gasteiger partial charge < -0.3 is 9.30 Å². The third kappa shape index (κ3) is 2.70. The van der Waals surface area contributed by atoms with Gasteiger partial charge in [0.2, 0.25) is 0 Å². The Bertz CT molecular complexity index is 490. The molecule has 0 unspecified atom stereocenters. The molecule has 1 aromatic heterocycles. The lowest BCUT2D eigenvalue weighted by atomic mass is 9.94. The predicted molar refractivity (Wildman–Crippen MR) is 69.1 cm³/mol. The van der Waals surface area contributed by atoms with Crippen LogP contribution in [0.5, 0.6) is 0 Å². The fraction of sp³-hybridized carbons (Fsp3) is 0.571. The van der Waals surface area contributed by atoms with Crippen molar-refractivity contribution in [1.82, 2.24) is 4.57 Å². The van der Waals surface area contributed by atoms with Gasteiger partial charge in [0.1, 0.15) is 0 Å². The normalized spacial score (nSPS) is 14.6. The van der Waals surface area contributed by atoms with Gasteiger partial charge in [-0.25, -0.2) is 0 Å². The van der Waals surface area contributed by atoms with Crippen molar-refractivity contribution in [2.45, 2.75) is 39.2 Å². The van der Waals surface area contributed by atoms with E-state index in [2.05, 4.69) is 0 Å². The van der Waals surface area contributed by atoms with E-state index in [-0.39, 0.29) is 11.3 Å². The van der Waals surface area contributed by atoms with Crippen LogP contribution in [0.15, 0.2) is 16.9 Å². The minimum atomic E-state index is -0.0139. The second-order valence-corrected chi connectivity index (χ2v) is 4.51. The maximum Gasteiger partial charge on any atom is 0.250 e. The Kier molecular flexibility index (Phi) is 4.31. The van der Waals surface area contributed by atoms with E-state index in [1.807, 2.05) is 6.92 Å². The molecule has 4 heteroatoms. The van der Waals surface area contributed by atoms with E-state index in [0.29, 0.717) is 26.2 Å². The van der Waals surface area contributed by atoms with E-state index in [0.717, 1.165) is 30.5 Å². The molecule has 4 nitrogen and oxygen atoms in total. The monoisotopic (exact) mass is 249 g/mol. The zero-order valence-corrected chi connectivity index (χ0v) is 10.8. The molecule has 2 rings (SSSR count). The van der Waals surface area contributed by atoms with Gasteiger partial charge in [-0.3, -0.25) is 9.59 Å². The molecule has 0 N–H and O–H groups in total. The van der Waals surface area contributed by atoms with Gasteiger partial charge >= 0.3 is 0 Å². The summed E-state index contributed by atoms with van der Waals surface area (Å²) in [6.45, 7) is 3.94. The molecule has 0 saturated carbocycles. The SMILES string of the molecule is CCOCCCn1c2c(ccc1=O)C(=O)CCC2. The first-order valence-electron chi connectivity index (χ1n) is 6.57. The highest BCUT2D eigenvalue weighted by Gasteiger charge is 2.20. The third-order valence-corrected chi connectivity index (χ3v) is 3.29. The molecule has 1 heterocycles.